The Hall–Kier alpha value is -2.84. The van der Waals surface area contributed by atoms with Gasteiger partial charge in [0.05, 0.1) is 18.6 Å². The molecule has 1 aromatic carbocycles. The number of nitrogens with one attached hydrogen (secondary N) is 1. The van der Waals surface area contributed by atoms with E-state index in [-0.39, 0.29) is 23.6 Å². The van der Waals surface area contributed by atoms with E-state index in [1.54, 1.807) is 12.1 Å². The highest BCUT2D eigenvalue weighted by Crippen LogP contribution is 2.22. The van der Waals surface area contributed by atoms with Crippen LogP contribution < -0.4 is 14.8 Å². The van der Waals surface area contributed by atoms with E-state index in [0.29, 0.717) is 6.54 Å². The van der Waals surface area contributed by atoms with Crippen molar-refractivity contribution in [3.8, 4) is 11.8 Å². The lowest BCUT2D eigenvalue weighted by atomic mass is 10.2. The summed E-state index contributed by atoms with van der Waals surface area (Å²) in [4.78, 5) is 10.1. The van der Waals surface area contributed by atoms with E-state index in [4.69, 9.17) is 9.47 Å². The quantitative estimate of drug-likeness (QED) is 0.608. The first-order chi connectivity index (χ1) is 10.1. The normalized spacial score (nSPS) is 11.7. The highest BCUT2D eigenvalue weighted by Gasteiger charge is 2.15. The Morgan fingerprint density at radius 3 is 2.62 bits per heavy atom. The highest BCUT2D eigenvalue weighted by atomic mass is 16.6. The minimum Gasteiger partial charge on any atom is -0.475 e. The Bertz CT molecular complexity index is 598. The number of ether oxygens (including phenoxy) is 2. The Labute approximate surface area is 120 Å². The van der Waals surface area contributed by atoms with E-state index >= 15 is 0 Å². The van der Waals surface area contributed by atoms with Crippen LogP contribution in [0.5, 0.6) is 11.8 Å². The molecule has 0 aliphatic heterocycles. The lowest BCUT2D eigenvalue weighted by Gasteiger charge is -2.14. The Morgan fingerprint density at radius 2 is 2.00 bits per heavy atom. The highest BCUT2D eigenvalue weighted by molar-refractivity contribution is 5.48. The van der Waals surface area contributed by atoms with Gasteiger partial charge >= 0.3 is 11.8 Å². The summed E-state index contributed by atoms with van der Waals surface area (Å²) in [5, 5.41) is 20.7. The second-order valence-electron chi connectivity index (χ2n) is 4.19. The van der Waals surface area contributed by atoms with Crippen molar-refractivity contribution in [1.82, 2.24) is 10.3 Å². The van der Waals surface area contributed by atoms with Gasteiger partial charge in [-0.25, -0.2) is 4.63 Å². The monoisotopic (exact) mass is 294 g/mol. The predicted octanol–water partition coefficient (Wildman–Crippen LogP) is 1.87. The summed E-state index contributed by atoms with van der Waals surface area (Å²) in [6, 6.07) is 6.11. The Kier molecular flexibility index (Phi) is 4.54. The second kappa shape index (κ2) is 6.55. The summed E-state index contributed by atoms with van der Waals surface area (Å²) in [5.41, 5.74) is 0.796. The molecule has 9 heteroatoms. The van der Waals surface area contributed by atoms with Crippen LogP contribution in [0, 0.1) is 10.1 Å². The number of nitrogens with zero attached hydrogens (tertiary/aromatic N) is 3. The number of hydrogen-bond acceptors (Lipinski definition) is 8. The van der Waals surface area contributed by atoms with Crippen LogP contribution in [0.1, 0.15) is 6.92 Å². The van der Waals surface area contributed by atoms with Crippen molar-refractivity contribution in [2.75, 3.05) is 19.0 Å². The number of benzene rings is 1. The Morgan fingerprint density at radius 1 is 1.33 bits per heavy atom. The summed E-state index contributed by atoms with van der Waals surface area (Å²) in [7, 11) is 1.44. The van der Waals surface area contributed by atoms with Gasteiger partial charge in [-0.05, 0) is 29.4 Å². The minimum absolute atomic E-state index is 0.0447. The van der Waals surface area contributed by atoms with Crippen LogP contribution >= 0.6 is 0 Å². The van der Waals surface area contributed by atoms with E-state index in [1.165, 1.54) is 19.2 Å². The lowest BCUT2D eigenvalue weighted by Crippen LogP contribution is -2.23. The number of hydrogen-bond donors (Lipinski definition) is 1. The SMILES string of the molecule is COc1nonc1OC(C)CNc1ccc([N+](=O)[O-])cc1. The molecule has 0 amide bonds. The van der Waals surface area contributed by atoms with Crippen molar-refractivity contribution < 1.29 is 19.0 Å². The van der Waals surface area contributed by atoms with Gasteiger partial charge in [0.1, 0.15) is 6.10 Å². The molecule has 1 unspecified atom stereocenters. The molecule has 0 saturated carbocycles. The maximum absolute atomic E-state index is 10.5. The molecule has 1 aromatic heterocycles. The van der Waals surface area contributed by atoms with E-state index in [0.717, 1.165) is 5.69 Å². The molecular formula is C12H14N4O5. The van der Waals surface area contributed by atoms with Crippen molar-refractivity contribution in [3.05, 3.63) is 34.4 Å². The molecule has 0 aliphatic rings. The van der Waals surface area contributed by atoms with Crippen LogP contribution in [0.3, 0.4) is 0 Å². The van der Waals surface area contributed by atoms with E-state index in [2.05, 4.69) is 20.3 Å². The molecule has 21 heavy (non-hydrogen) atoms. The average Bonchev–Trinajstić information content (AvgIpc) is 2.92. The summed E-state index contributed by atoms with van der Waals surface area (Å²) < 4.78 is 14.9. The fourth-order valence-corrected chi connectivity index (χ4v) is 1.56. The van der Waals surface area contributed by atoms with Crippen LogP contribution in [-0.2, 0) is 0 Å². The molecule has 112 valence electrons. The summed E-state index contributed by atoms with van der Waals surface area (Å²) >= 11 is 0. The molecule has 2 rings (SSSR count). The van der Waals surface area contributed by atoms with Gasteiger partial charge in [-0.15, -0.1) is 0 Å². The smallest absolute Gasteiger partial charge is 0.320 e. The maximum Gasteiger partial charge on any atom is 0.320 e. The van der Waals surface area contributed by atoms with Crippen molar-refractivity contribution in [1.29, 1.82) is 0 Å². The third-order valence-corrected chi connectivity index (χ3v) is 2.61. The first kappa shape index (κ1) is 14.6. The molecule has 1 atom stereocenters. The molecule has 0 spiro atoms. The van der Waals surface area contributed by atoms with Gasteiger partial charge in [0.25, 0.3) is 5.69 Å². The molecule has 9 nitrogen and oxygen atoms in total. The zero-order valence-corrected chi connectivity index (χ0v) is 11.5. The van der Waals surface area contributed by atoms with Gasteiger partial charge in [-0.2, -0.15) is 0 Å². The van der Waals surface area contributed by atoms with Gasteiger partial charge < -0.3 is 14.8 Å². The van der Waals surface area contributed by atoms with Crippen molar-refractivity contribution in [3.63, 3.8) is 0 Å². The van der Waals surface area contributed by atoms with Gasteiger partial charge in [-0.3, -0.25) is 10.1 Å². The van der Waals surface area contributed by atoms with Crippen molar-refractivity contribution >= 4 is 11.4 Å². The minimum atomic E-state index is -0.445. The largest absolute Gasteiger partial charge is 0.475 e. The maximum atomic E-state index is 10.5. The number of aromatic nitrogens is 2. The zero-order valence-electron chi connectivity index (χ0n) is 11.5. The van der Waals surface area contributed by atoms with Crippen LogP contribution in [-0.4, -0.2) is 35.0 Å². The number of nitro benzene ring substituents is 1. The molecule has 0 fully saturated rings. The topological polar surface area (TPSA) is 113 Å². The average molecular weight is 294 g/mol. The molecule has 0 radical (unpaired) electrons. The predicted molar refractivity (Wildman–Crippen MR) is 72.5 cm³/mol. The first-order valence-corrected chi connectivity index (χ1v) is 6.11. The second-order valence-corrected chi connectivity index (χ2v) is 4.19. The number of non-ortho nitro benzene ring substituents is 1. The third-order valence-electron chi connectivity index (χ3n) is 2.61. The summed E-state index contributed by atoms with van der Waals surface area (Å²) in [6.07, 6.45) is -0.235. The van der Waals surface area contributed by atoms with Gasteiger partial charge in [0.15, 0.2) is 0 Å². The molecule has 1 N–H and O–H groups in total. The fourth-order valence-electron chi connectivity index (χ4n) is 1.56. The number of methoxy groups -OCH3 is 1. The molecular weight excluding hydrogens is 280 g/mol. The first-order valence-electron chi connectivity index (χ1n) is 6.11. The molecule has 0 saturated heterocycles. The lowest BCUT2D eigenvalue weighted by molar-refractivity contribution is -0.384. The van der Waals surface area contributed by atoms with E-state index in [1.807, 2.05) is 6.92 Å². The van der Waals surface area contributed by atoms with Crippen molar-refractivity contribution in [2.45, 2.75) is 13.0 Å². The van der Waals surface area contributed by atoms with Gasteiger partial charge in [0, 0.05) is 17.8 Å². The number of nitro groups is 1. The van der Waals surface area contributed by atoms with Gasteiger partial charge in [-0.1, -0.05) is 0 Å². The van der Waals surface area contributed by atoms with Crippen LogP contribution in [0.2, 0.25) is 0 Å². The molecule has 2 aromatic rings. The van der Waals surface area contributed by atoms with Gasteiger partial charge in [0.2, 0.25) is 0 Å². The van der Waals surface area contributed by atoms with Crippen molar-refractivity contribution in [2.24, 2.45) is 0 Å². The van der Waals surface area contributed by atoms with E-state index in [9.17, 15) is 10.1 Å². The van der Waals surface area contributed by atoms with Crippen LogP contribution in [0.4, 0.5) is 11.4 Å². The Balaban J connectivity index is 1.86. The number of rotatable bonds is 7. The number of anilines is 1. The zero-order chi connectivity index (χ0) is 15.2. The molecule has 1 heterocycles. The fraction of sp³-hybridized carbons (Fsp3) is 0.333. The van der Waals surface area contributed by atoms with Crippen LogP contribution in [0.15, 0.2) is 28.9 Å². The standard InChI is InChI=1S/C12H14N4O5/c1-8(20-12-11(19-2)14-21-15-12)7-13-9-3-5-10(6-4-9)16(17)18/h3-6,8,13H,7H2,1-2H3. The summed E-state index contributed by atoms with van der Waals surface area (Å²) in [6.45, 7) is 2.29. The summed E-state index contributed by atoms with van der Waals surface area (Å²) in [5.74, 6) is 0.354. The molecule has 0 bridgehead atoms. The van der Waals surface area contributed by atoms with Crippen LogP contribution in [0.25, 0.3) is 0 Å². The molecule has 0 aliphatic carbocycles. The van der Waals surface area contributed by atoms with E-state index < -0.39 is 4.92 Å². The third kappa shape index (κ3) is 3.81.